The van der Waals surface area contributed by atoms with Crippen LogP contribution in [0.4, 0.5) is 0 Å². The average Bonchev–Trinajstić information content (AvgIpc) is 2.20. The van der Waals surface area contributed by atoms with E-state index in [1.165, 1.54) is 12.3 Å². The first-order chi connectivity index (χ1) is 6.57. The molecule has 6 heteroatoms. The summed E-state index contributed by atoms with van der Waals surface area (Å²) in [6.45, 7) is 0. The lowest BCUT2D eigenvalue weighted by Crippen LogP contribution is -2.20. The molecule has 1 rings (SSSR count). The second-order valence-corrected chi connectivity index (χ2v) is 3.80. The fraction of sp³-hybridized carbons (Fsp3) is 0.375. The monoisotopic (exact) mass is 253 g/mol. The Balaban J connectivity index is 3.01. The van der Waals surface area contributed by atoms with E-state index in [-0.39, 0.29) is 15.9 Å². The lowest BCUT2D eigenvalue weighted by Gasteiger charge is -2.17. The van der Waals surface area contributed by atoms with Crippen molar-refractivity contribution in [3.8, 4) is 0 Å². The summed E-state index contributed by atoms with van der Waals surface area (Å²) in [6, 6.07) is 1.51. The number of thiol groups is 1. The van der Waals surface area contributed by atoms with Crippen LogP contribution in [0, 0.1) is 0 Å². The van der Waals surface area contributed by atoms with Crippen LogP contribution in [0.15, 0.2) is 12.3 Å². The minimum atomic E-state index is -1.10. The zero-order valence-corrected chi connectivity index (χ0v) is 9.47. The molecule has 2 N–H and O–H groups in total. The van der Waals surface area contributed by atoms with Gasteiger partial charge in [-0.15, -0.1) is 0 Å². The number of hydrogen-bond donors (Lipinski definition) is 3. The van der Waals surface area contributed by atoms with Gasteiger partial charge in [0.25, 0.3) is 0 Å². The lowest BCUT2D eigenvalue weighted by molar-refractivity contribution is 0.0338. The maximum atomic E-state index is 9.62. The molecule has 0 aliphatic rings. The maximum absolute atomic E-state index is 9.62. The molecule has 0 aliphatic carbocycles. The predicted molar refractivity (Wildman–Crippen MR) is 59.1 cm³/mol. The Bertz CT molecular complexity index is 324. The molecule has 14 heavy (non-hydrogen) atoms. The van der Waals surface area contributed by atoms with Crippen LogP contribution in [0.3, 0.4) is 0 Å². The van der Waals surface area contributed by atoms with Gasteiger partial charge < -0.3 is 10.2 Å². The predicted octanol–water partition coefficient (Wildman–Crippen LogP) is 1.71. The molecule has 1 aromatic rings. The Kier molecular flexibility index (Phi) is 4.47. The summed E-state index contributed by atoms with van der Waals surface area (Å²) in [5, 5.41) is 19.2. The van der Waals surface area contributed by atoms with Gasteiger partial charge in [0.2, 0.25) is 0 Å². The summed E-state index contributed by atoms with van der Waals surface area (Å²) < 4.78 is 0. The molecule has 78 valence electrons. The van der Waals surface area contributed by atoms with E-state index in [0.29, 0.717) is 5.56 Å². The summed E-state index contributed by atoms with van der Waals surface area (Å²) in [5.74, 6) is 0.136. The molecule has 1 heterocycles. The van der Waals surface area contributed by atoms with Crippen LogP contribution in [0.25, 0.3) is 0 Å². The van der Waals surface area contributed by atoms with E-state index in [0.717, 1.165) is 0 Å². The molecule has 0 radical (unpaired) electrons. The molecular weight excluding hydrogens is 245 g/mol. The molecule has 0 spiro atoms. The fourth-order valence-corrected chi connectivity index (χ4v) is 1.56. The van der Waals surface area contributed by atoms with E-state index in [1.54, 1.807) is 0 Å². The van der Waals surface area contributed by atoms with Gasteiger partial charge in [-0.3, -0.25) is 0 Å². The standard InChI is InChI=1S/C8H9Cl2NO2S/c9-6-4(1-2-11-8(6)10)7(13)5(12)3-14/h1-2,5,7,12-14H,3H2. The summed E-state index contributed by atoms with van der Waals surface area (Å²) in [7, 11) is 0. The normalized spacial score (nSPS) is 15.2. The van der Waals surface area contributed by atoms with Gasteiger partial charge in [0.05, 0.1) is 11.1 Å². The number of aliphatic hydroxyl groups is 2. The molecule has 0 saturated heterocycles. The van der Waals surface area contributed by atoms with Crippen molar-refractivity contribution < 1.29 is 10.2 Å². The fourth-order valence-electron chi connectivity index (χ4n) is 0.967. The molecule has 0 aromatic carbocycles. The Morgan fingerprint density at radius 2 is 2.07 bits per heavy atom. The highest BCUT2D eigenvalue weighted by molar-refractivity contribution is 7.80. The van der Waals surface area contributed by atoms with Crippen molar-refractivity contribution in [3.63, 3.8) is 0 Å². The molecule has 0 saturated carbocycles. The molecular formula is C8H9Cl2NO2S. The van der Waals surface area contributed by atoms with Crippen molar-refractivity contribution in [3.05, 3.63) is 28.0 Å². The Labute approximate surface area is 97.1 Å². The van der Waals surface area contributed by atoms with Crippen LogP contribution in [-0.2, 0) is 0 Å². The van der Waals surface area contributed by atoms with Gasteiger partial charge in [-0.1, -0.05) is 23.2 Å². The molecule has 3 nitrogen and oxygen atoms in total. The summed E-state index contributed by atoms with van der Waals surface area (Å²) in [4.78, 5) is 3.73. The van der Waals surface area contributed by atoms with Crippen LogP contribution in [0.2, 0.25) is 10.2 Å². The van der Waals surface area contributed by atoms with Gasteiger partial charge >= 0.3 is 0 Å². The zero-order chi connectivity index (χ0) is 10.7. The van der Waals surface area contributed by atoms with E-state index in [1.807, 2.05) is 0 Å². The van der Waals surface area contributed by atoms with Crippen molar-refractivity contribution in [1.29, 1.82) is 0 Å². The number of hydrogen-bond acceptors (Lipinski definition) is 4. The van der Waals surface area contributed by atoms with E-state index in [4.69, 9.17) is 23.2 Å². The van der Waals surface area contributed by atoms with Crippen molar-refractivity contribution >= 4 is 35.8 Å². The van der Waals surface area contributed by atoms with Crippen molar-refractivity contribution in [2.45, 2.75) is 12.2 Å². The topological polar surface area (TPSA) is 53.4 Å². The number of halogens is 2. The number of pyridine rings is 1. The highest BCUT2D eigenvalue weighted by Crippen LogP contribution is 2.29. The SMILES string of the molecule is OC(CS)C(O)c1ccnc(Cl)c1Cl. The lowest BCUT2D eigenvalue weighted by atomic mass is 10.1. The molecule has 0 aliphatic heterocycles. The first-order valence-corrected chi connectivity index (χ1v) is 5.23. The number of aromatic nitrogens is 1. The van der Waals surface area contributed by atoms with Gasteiger partial charge in [0.15, 0.2) is 0 Å². The van der Waals surface area contributed by atoms with Crippen LogP contribution in [-0.4, -0.2) is 27.1 Å². The molecule has 0 bridgehead atoms. The van der Waals surface area contributed by atoms with Gasteiger partial charge in [-0.25, -0.2) is 4.98 Å². The number of rotatable bonds is 3. The van der Waals surface area contributed by atoms with E-state index >= 15 is 0 Å². The van der Waals surface area contributed by atoms with Crippen molar-refractivity contribution in [2.24, 2.45) is 0 Å². The van der Waals surface area contributed by atoms with E-state index in [9.17, 15) is 10.2 Å². The second-order valence-electron chi connectivity index (χ2n) is 2.70. The largest absolute Gasteiger partial charge is 0.389 e. The average molecular weight is 254 g/mol. The molecule has 0 fully saturated rings. The van der Waals surface area contributed by atoms with Crippen molar-refractivity contribution in [2.75, 3.05) is 5.75 Å². The first kappa shape index (κ1) is 12.1. The highest BCUT2D eigenvalue weighted by atomic mass is 35.5. The van der Waals surface area contributed by atoms with Crippen LogP contribution in [0.5, 0.6) is 0 Å². The Morgan fingerprint density at radius 1 is 1.43 bits per heavy atom. The van der Waals surface area contributed by atoms with E-state index < -0.39 is 12.2 Å². The minimum Gasteiger partial charge on any atom is -0.389 e. The van der Waals surface area contributed by atoms with Crippen molar-refractivity contribution in [1.82, 2.24) is 4.98 Å². The number of aliphatic hydroxyl groups excluding tert-OH is 2. The quantitative estimate of drug-likeness (QED) is 0.568. The third kappa shape index (κ3) is 2.52. The smallest absolute Gasteiger partial charge is 0.147 e. The second kappa shape index (κ2) is 5.19. The molecule has 2 atom stereocenters. The van der Waals surface area contributed by atoms with Crippen LogP contribution >= 0.6 is 35.8 Å². The third-order valence-electron chi connectivity index (χ3n) is 1.75. The van der Waals surface area contributed by atoms with Crippen LogP contribution < -0.4 is 0 Å². The van der Waals surface area contributed by atoms with Crippen LogP contribution in [0.1, 0.15) is 11.7 Å². The summed E-state index contributed by atoms with van der Waals surface area (Å²) >= 11 is 15.3. The minimum absolute atomic E-state index is 0.106. The maximum Gasteiger partial charge on any atom is 0.147 e. The van der Waals surface area contributed by atoms with Gasteiger partial charge in [-0.05, 0) is 6.07 Å². The first-order valence-electron chi connectivity index (χ1n) is 3.84. The zero-order valence-electron chi connectivity index (χ0n) is 7.06. The van der Waals surface area contributed by atoms with Gasteiger partial charge in [-0.2, -0.15) is 12.6 Å². The van der Waals surface area contributed by atoms with E-state index in [2.05, 4.69) is 17.6 Å². The van der Waals surface area contributed by atoms with Gasteiger partial charge in [0, 0.05) is 17.5 Å². The molecule has 0 amide bonds. The Morgan fingerprint density at radius 3 is 2.64 bits per heavy atom. The number of nitrogens with zero attached hydrogens (tertiary/aromatic N) is 1. The third-order valence-corrected chi connectivity index (χ3v) is 2.90. The summed E-state index contributed by atoms with van der Waals surface area (Å²) in [5.41, 5.74) is 0.355. The molecule has 1 aromatic heterocycles. The van der Waals surface area contributed by atoms with Gasteiger partial charge in [0.1, 0.15) is 11.3 Å². The molecule has 2 unspecified atom stereocenters. The summed E-state index contributed by atoms with van der Waals surface area (Å²) in [6.07, 6.45) is -0.660. The Hall–Kier alpha value is -0.0000000000000000555. The highest BCUT2D eigenvalue weighted by Gasteiger charge is 2.20.